The van der Waals surface area contributed by atoms with E-state index in [0.717, 1.165) is 23.3 Å². The van der Waals surface area contributed by atoms with Crippen molar-refractivity contribution in [2.24, 2.45) is 0 Å². The molecule has 1 N–H and O–H groups in total. The third kappa shape index (κ3) is 5.06. The van der Waals surface area contributed by atoms with Gasteiger partial charge in [-0.05, 0) is 38.5 Å². The molecule has 20 heavy (non-hydrogen) atoms. The standard InChI is InChI=1S/C15H20BrN3O/c1-15(2,3)17-8-7-14-18-13(19-20-14)10-11-5-4-6-12(16)9-11/h4-6,9,17H,7-8,10H2,1-3H3. The van der Waals surface area contributed by atoms with Gasteiger partial charge in [-0.2, -0.15) is 4.98 Å². The van der Waals surface area contributed by atoms with E-state index >= 15 is 0 Å². The van der Waals surface area contributed by atoms with E-state index in [1.807, 2.05) is 12.1 Å². The van der Waals surface area contributed by atoms with Gasteiger partial charge in [0.15, 0.2) is 5.82 Å². The van der Waals surface area contributed by atoms with Crippen molar-refractivity contribution in [1.82, 2.24) is 15.5 Å². The summed E-state index contributed by atoms with van der Waals surface area (Å²) in [4.78, 5) is 4.42. The Morgan fingerprint density at radius 2 is 2.10 bits per heavy atom. The molecule has 2 aromatic rings. The summed E-state index contributed by atoms with van der Waals surface area (Å²) in [5, 5.41) is 7.43. The van der Waals surface area contributed by atoms with Crippen molar-refractivity contribution in [2.75, 3.05) is 6.54 Å². The zero-order valence-electron chi connectivity index (χ0n) is 12.1. The summed E-state index contributed by atoms with van der Waals surface area (Å²) in [6, 6.07) is 8.14. The first kappa shape index (κ1) is 15.2. The van der Waals surface area contributed by atoms with Crippen molar-refractivity contribution < 1.29 is 4.52 Å². The average Bonchev–Trinajstić information content (AvgIpc) is 2.75. The first-order valence-electron chi connectivity index (χ1n) is 6.73. The molecule has 1 heterocycles. The zero-order chi connectivity index (χ0) is 14.6. The van der Waals surface area contributed by atoms with Gasteiger partial charge in [-0.15, -0.1) is 0 Å². The van der Waals surface area contributed by atoms with Crippen LogP contribution in [0.3, 0.4) is 0 Å². The Hall–Kier alpha value is -1.20. The van der Waals surface area contributed by atoms with Crippen molar-refractivity contribution in [2.45, 2.75) is 39.2 Å². The van der Waals surface area contributed by atoms with Gasteiger partial charge < -0.3 is 9.84 Å². The Bertz CT molecular complexity index is 560. The van der Waals surface area contributed by atoms with E-state index < -0.39 is 0 Å². The summed E-state index contributed by atoms with van der Waals surface area (Å²) in [5.41, 5.74) is 1.28. The highest BCUT2D eigenvalue weighted by Crippen LogP contribution is 2.14. The molecule has 0 unspecified atom stereocenters. The van der Waals surface area contributed by atoms with E-state index in [9.17, 15) is 0 Å². The van der Waals surface area contributed by atoms with E-state index in [1.54, 1.807) is 0 Å². The third-order valence-corrected chi connectivity index (χ3v) is 3.25. The minimum absolute atomic E-state index is 0.110. The molecule has 4 nitrogen and oxygen atoms in total. The molecule has 0 atom stereocenters. The van der Waals surface area contributed by atoms with Crippen molar-refractivity contribution >= 4 is 15.9 Å². The number of halogens is 1. The van der Waals surface area contributed by atoms with Crippen LogP contribution in [-0.2, 0) is 12.8 Å². The largest absolute Gasteiger partial charge is 0.339 e. The third-order valence-electron chi connectivity index (χ3n) is 2.76. The lowest BCUT2D eigenvalue weighted by Gasteiger charge is -2.19. The SMILES string of the molecule is CC(C)(C)NCCc1nc(Cc2cccc(Br)c2)no1. The summed E-state index contributed by atoms with van der Waals surface area (Å²) in [6.07, 6.45) is 1.44. The van der Waals surface area contributed by atoms with Gasteiger partial charge in [-0.25, -0.2) is 0 Å². The number of benzene rings is 1. The van der Waals surface area contributed by atoms with E-state index in [1.165, 1.54) is 5.56 Å². The van der Waals surface area contributed by atoms with Gasteiger partial charge in [-0.1, -0.05) is 33.2 Å². The minimum Gasteiger partial charge on any atom is -0.339 e. The fourth-order valence-corrected chi connectivity index (χ4v) is 2.28. The van der Waals surface area contributed by atoms with Gasteiger partial charge in [-0.3, -0.25) is 0 Å². The number of rotatable bonds is 5. The van der Waals surface area contributed by atoms with E-state index in [-0.39, 0.29) is 5.54 Å². The normalized spacial score (nSPS) is 11.8. The van der Waals surface area contributed by atoms with Crippen LogP contribution in [0.25, 0.3) is 0 Å². The molecular formula is C15H20BrN3O. The highest BCUT2D eigenvalue weighted by atomic mass is 79.9. The van der Waals surface area contributed by atoms with Crippen LogP contribution in [0.15, 0.2) is 33.3 Å². The van der Waals surface area contributed by atoms with Crippen molar-refractivity contribution in [3.8, 4) is 0 Å². The molecular weight excluding hydrogens is 318 g/mol. The molecule has 0 saturated carbocycles. The Morgan fingerprint density at radius 1 is 1.30 bits per heavy atom. The molecule has 1 aromatic carbocycles. The quantitative estimate of drug-likeness (QED) is 0.908. The number of hydrogen-bond donors (Lipinski definition) is 1. The molecule has 0 radical (unpaired) electrons. The van der Waals surface area contributed by atoms with Crippen molar-refractivity contribution in [1.29, 1.82) is 0 Å². The second kappa shape index (κ2) is 6.50. The molecule has 0 aliphatic carbocycles. The minimum atomic E-state index is 0.110. The van der Waals surface area contributed by atoms with Gasteiger partial charge >= 0.3 is 0 Å². The predicted octanol–water partition coefficient (Wildman–Crippen LogP) is 3.35. The average molecular weight is 338 g/mol. The fraction of sp³-hybridized carbons (Fsp3) is 0.467. The van der Waals surface area contributed by atoms with Crippen LogP contribution < -0.4 is 5.32 Å². The smallest absolute Gasteiger partial charge is 0.227 e. The summed E-state index contributed by atoms with van der Waals surface area (Å²) in [6.45, 7) is 7.25. The molecule has 5 heteroatoms. The topological polar surface area (TPSA) is 51.0 Å². The Kier molecular flexibility index (Phi) is 4.94. The molecule has 0 saturated heterocycles. The molecule has 2 rings (SSSR count). The molecule has 0 spiro atoms. The van der Waals surface area contributed by atoms with Gasteiger partial charge in [0.2, 0.25) is 5.89 Å². The zero-order valence-corrected chi connectivity index (χ0v) is 13.7. The molecule has 0 fully saturated rings. The highest BCUT2D eigenvalue weighted by Gasteiger charge is 2.11. The fourth-order valence-electron chi connectivity index (χ4n) is 1.84. The van der Waals surface area contributed by atoms with Crippen molar-refractivity contribution in [3.05, 3.63) is 46.0 Å². The molecule has 0 bridgehead atoms. The maximum Gasteiger partial charge on any atom is 0.227 e. The van der Waals surface area contributed by atoms with Crippen LogP contribution in [0.2, 0.25) is 0 Å². The van der Waals surface area contributed by atoms with Crippen LogP contribution in [0.5, 0.6) is 0 Å². The van der Waals surface area contributed by atoms with Gasteiger partial charge in [0.1, 0.15) is 0 Å². The van der Waals surface area contributed by atoms with E-state index in [4.69, 9.17) is 4.52 Å². The molecule has 0 aliphatic rings. The number of aromatic nitrogens is 2. The van der Waals surface area contributed by atoms with Crippen molar-refractivity contribution in [3.63, 3.8) is 0 Å². The number of nitrogens with one attached hydrogen (secondary N) is 1. The van der Waals surface area contributed by atoms with Gasteiger partial charge in [0.25, 0.3) is 0 Å². The monoisotopic (exact) mass is 337 g/mol. The summed E-state index contributed by atoms with van der Waals surface area (Å²) >= 11 is 3.46. The van der Waals surface area contributed by atoms with Crippen LogP contribution in [0.1, 0.15) is 38.0 Å². The molecule has 108 valence electrons. The molecule has 0 amide bonds. The number of hydrogen-bond acceptors (Lipinski definition) is 4. The lowest BCUT2D eigenvalue weighted by molar-refractivity contribution is 0.359. The van der Waals surface area contributed by atoms with Crippen LogP contribution >= 0.6 is 15.9 Å². The van der Waals surface area contributed by atoms with E-state index in [0.29, 0.717) is 12.3 Å². The molecule has 1 aromatic heterocycles. The summed E-state index contributed by atoms with van der Waals surface area (Å²) < 4.78 is 6.33. The Balaban J connectivity index is 1.89. The first-order chi connectivity index (χ1) is 9.42. The van der Waals surface area contributed by atoms with Gasteiger partial charge in [0, 0.05) is 29.4 Å². The molecule has 0 aliphatic heterocycles. The van der Waals surface area contributed by atoms with Crippen LogP contribution in [0, 0.1) is 0 Å². The van der Waals surface area contributed by atoms with E-state index in [2.05, 4.69) is 64.3 Å². The highest BCUT2D eigenvalue weighted by molar-refractivity contribution is 9.10. The Morgan fingerprint density at radius 3 is 2.80 bits per heavy atom. The lowest BCUT2D eigenvalue weighted by Crippen LogP contribution is -2.37. The van der Waals surface area contributed by atoms with Gasteiger partial charge in [0.05, 0.1) is 0 Å². The van der Waals surface area contributed by atoms with Crippen LogP contribution in [0.4, 0.5) is 0 Å². The summed E-state index contributed by atoms with van der Waals surface area (Å²) in [5.74, 6) is 1.42. The Labute approximate surface area is 128 Å². The second-order valence-electron chi connectivity index (χ2n) is 5.84. The maximum absolute atomic E-state index is 5.27. The second-order valence-corrected chi connectivity index (χ2v) is 6.75. The van der Waals surface area contributed by atoms with Crippen LogP contribution in [-0.4, -0.2) is 22.2 Å². The maximum atomic E-state index is 5.27. The predicted molar refractivity (Wildman–Crippen MR) is 82.7 cm³/mol. The lowest BCUT2D eigenvalue weighted by atomic mass is 10.1. The number of nitrogens with zero attached hydrogens (tertiary/aromatic N) is 2. The summed E-state index contributed by atoms with van der Waals surface area (Å²) in [7, 11) is 0. The first-order valence-corrected chi connectivity index (χ1v) is 7.53.